The van der Waals surface area contributed by atoms with Gasteiger partial charge in [0.15, 0.2) is 5.96 Å². The number of aryl methyl sites for hydroxylation is 2. The minimum atomic E-state index is 0.00259. The van der Waals surface area contributed by atoms with E-state index in [9.17, 15) is 0 Å². The first-order valence-electron chi connectivity index (χ1n) is 8.32. The number of hydrogen-bond acceptors (Lipinski definition) is 4. The number of para-hydroxylation sites is 1. The molecule has 0 saturated heterocycles. The van der Waals surface area contributed by atoms with Crippen LogP contribution in [0.3, 0.4) is 0 Å². The van der Waals surface area contributed by atoms with Crippen LogP contribution in [0, 0.1) is 13.8 Å². The fourth-order valence-corrected chi connectivity index (χ4v) is 3.25. The molecule has 136 valence electrons. The molecule has 1 unspecified atom stereocenters. The number of thiazole rings is 1. The lowest BCUT2D eigenvalue weighted by Gasteiger charge is -2.20. The molecule has 0 aliphatic rings. The molecule has 2 aromatic rings. The molecule has 0 saturated carbocycles. The Kier molecular flexibility index (Phi) is 7.52. The lowest BCUT2D eigenvalue weighted by Crippen LogP contribution is -2.42. The third-order valence-electron chi connectivity index (χ3n) is 3.79. The minimum absolute atomic E-state index is 0.00259. The molecule has 5 nitrogen and oxygen atoms in total. The standard InChI is InChI=1S/C18H25ClN4OS/c1-5-14(24-16-9-7-6-8-15(16)19)10-21-18(20-4)22-11-17-23-12(2)13(3)25-17/h6-9,14H,5,10-11H2,1-4H3,(H2,20,21,22). The number of guanidine groups is 1. The SMILES string of the molecule is CCC(CNC(=NC)NCc1nc(C)c(C)s1)Oc1ccccc1Cl. The molecule has 0 amide bonds. The van der Waals surface area contributed by atoms with Gasteiger partial charge in [0, 0.05) is 11.9 Å². The first-order valence-corrected chi connectivity index (χ1v) is 9.51. The highest BCUT2D eigenvalue weighted by molar-refractivity contribution is 7.11. The fraction of sp³-hybridized carbons (Fsp3) is 0.444. The van der Waals surface area contributed by atoms with Gasteiger partial charge in [-0.1, -0.05) is 30.7 Å². The van der Waals surface area contributed by atoms with E-state index >= 15 is 0 Å². The minimum Gasteiger partial charge on any atom is -0.487 e. The first kappa shape index (κ1) is 19.5. The van der Waals surface area contributed by atoms with Gasteiger partial charge in [0.2, 0.25) is 0 Å². The number of benzene rings is 1. The van der Waals surface area contributed by atoms with Crippen LogP contribution in [0.15, 0.2) is 29.3 Å². The van der Waals surface area contributed by atoms with Gasteiger partial charge in [0.05, 0.1) is 23.8 Å². The van der Waals surface area contributed by atoms with Crippen LogP contribution < -0.4 is 15.4 Å². The van der Waals surface area contributed by atoms with Crippen LogP contribution in [0.2, 0.25) is 5.02 Å². The Bertz CT molecular complexity index is 697. The van der Waals surface area contributed by atoms with Crippen molar-refractivity contribution in [1.82, 2.24) is 15.6 Å². The predicted octanol–water partition coefficient (Wildman–Crippen LogP) is 3.94. The maximum Gasteiger partial charge on any atom is 0.191 e. The summed E-state index contributed by atoms with van der Waals surface area (Å²) in [6.45, 7) is 7.49. The number of aliphatic imine (C=N–C) groups is 1. The normalized spacial score (nSPS) is 12.8. The average molecular weight is 381 g/mol. The second-order valence-corrected chi connectivity index (χ2v) is 7.33. The Morgan fingerprint density at radius 2 is 2.08 bits per heavy atom. The fourth-order valence-electron chi connectivity index (χ4n) is 2.19. The highest BCUT2D eigenvalue weighted by Crippen LogP contribution is 2.24. The summed E-state index contributed by atoms with van der Waals surface area (Å²) in [4.78, 5) is 10.0. The Balaban J connectivity index is 1.84. The summed E-state index contributed by atoms with van der Waals surface area (Å²) in [5.74, 6) is 1.43. The summed E-state index contributed by atoms with van der Waals surface area (Å²) in [5.41, 5.74) is 1.09. The molecular formula is C18H25ClN4OS. The zero-order valence-electron chi connectivity index (χ0n) is 15.1. The zero-order valence-corrected chi connectivity index (χ0v) is 16.7. The number of halogens is 1. The number of nitrogens with one attached hydrogen (secondary N) is 2. The van der Waals surface area contributed by atoms with Crippen LogP contribution in [0.4, 0.5) is 0 Å². The molecule has 0 aliphatic heterocycles. The Morgan fingerprint density at radius 1 is 1.32 bits per heavy atom. The van der Waals surface area contributed by atoms with E-state index in [2.05, 4.69) is 34.5 Å². The van der Waals surface area contributed by atoms with E-state index in [4.69, 9.17) is 16.3 Å². The van der Waals surface area contributed by atoms with Crippen molar-refractivity contribution in [2.45, 2.75) is 39.8 Å². The molecule has 2 rings (SSSR count). The lowest BCUT2D eigenvalue weighted by atomic mass is 10.2. The smallest absolute Gasteiger partial charge is 0.191 e. The topological polar surface area (TPSA) is 58.5 Å². The van der Waals surface area contributed by atoms with Gasteiger partial charge in [0.25, 0.3) is 0 Å². The van der Waals surface area contributed by atoms with Crippen LogP contribution >= 0.6 is 22.9 Å². The van der Waals surface area contributed by atoms with E-state index in [0.29, 0.717) is 23.9 Å². The number of nitrogens with zero attached hydrogens (tertiary/aromatic N) is 2. The maximum absolute atomic E-state index is 6.16. The van der Waals surface area contributed by atoms with Crippen molar-refractivity contribution in [3.63, 3.8) is 0 Å². The molecule has 2 N–H and O–H groups in total. The van der Waals surface area contributed by atoms with Gasteiger partial charge in [-0.25, -0.2) is 4.98 Å². The van der Waals surface area contributed by atoms with Crippen molar-refractivity contribution >= 4 is 28.9 Å². The van der Waals surface area contributed by atoms with Gasteiger partial charge >= 0.3 is 0 Å². The number of aromatic nitrogens is 1. The molecule has 0 bridgehead atoms. The zero-order chi connectivity index (χ0) is 18.2. The second-order valence-electron chi connectivity index (χ2n) is 5.63. The Morgan fingerprint density at radius 3 is 2.68 bits per heavy atom. The quantitative estimate of drug-likeness (QED) is 0.564. The van der Waals surface area contributed by atoms with E-state index in [1.165, 1.54) is 4.88 Å². The maximum atomic E-state index is 6.16. The molecule has 25 heavy (non-hydrogen) atoms. The van der Waals surface area contributed by atoms with Crippen LogP contribution in [-0.4, -0.2) is 30.6 Å². The lowest BCUT2D eigenvalue weighted by molar-refractivity contribution is 0.199. The van der Waals surface area contributed by atoms with Gasteiger partial charge < -0.3 is 15.4 Å². The third-order valence-corrected chi connectivity index (χ3v) is 5.17. The van der Waals surface area contributed by atoms with Gasteiger partial charge in [-0.3, -0.25) is 4.99 Å². The summed E-state index contributed by atoms with van der Waals surface area (Å²) in [6, 6.07) is 7.52. The molecule has 0 aliphatic carbocycles. The Hall–Kier alpha value is -1.79. The van der Waals surface area contributed by atoms with Gasteiger partial charge in [-0.2, -0.15) is 0 Å². The second kappa shape index (κ2) is 9.63. The van der Waals surface area contributed by atoms with Gasteiger partial charge in [-0.15, -0.1) is 11.3 Å². The first-order chi connectivity index (χ1) is 12.0. The predicted molar refractivity (Wildman–Crippen MR) is 106 cm³/mol. The average Bonchev–Trinajstić information content (AvgIpc) is 2.93. The van der Waals surface area contributed by atoms with E-state index in [0.717, 1.165) is 23.1 Å². The van der Waals surface area contributed by atoms with Crippen LogP contribution in [0.25, 0.3) is 0 Å². The third kappa shape index (κ3) is 5.90. The molecule has 0 fully saturated rings. The van der Waals surface area contributed by atoms with Crippen molar-refractivity contribution in [3.05, 3.63) is 44.9 Å². The Labute approximate surface area is 158 Å². The summed E-state index contributed by atoms with van der Waals surface area (Å²) in [6.07, 6.45) is 0.864. The molecule has 1 aromatic heterocycles. The monoisotopic (exact) mass is 380 g/mol. The van der Waals surface area contributed by atoms with Crippen molar-refractivity contribution in [2.75, 3.05) is 13.6 Å². The number of ether oxygens (including phenoxy) is 1. The summed E-state index contributed by atoms with van der Waals surface area (Å²) >= 11 is 7.86. The van der Waals surface area contributed by atoms with Crippen molar-refractivity contribution < 1.29 is 4.74 Å². The van der Waals surface area contributed by atoms with Crippen LogP contribution in [-0.2, 0) is 6.54 Å². The molecule has 0 spiro atoms. The van der Waals surface area contributed by atoms with Crippen molar-refractivity contribution in [2.24, 2.45) is 4.99 Å². The highest BCUT2D eigenvalue weighted by atomic mass is 35.5. The van der Waals surface area contributed by atoms with E-state index in [1.807, 2.05) is 31.2 Å². The van der Waals surface area contributed by atoms with E-state index in [1.54, 1.807) is 18.4 Å². The number of hydrogen-bond donors (Lipinski definition) is 2. The van der Waals surface area contributed by atoms with Crippen LogP contribution in [0.5, 0.6) is 5.75 Å². The van der Waals surface area contributed by atoms with Crippen LogP contribution in [0.1, 0.15) is 28.9 Å². The number of rotatable bonds is 7. The highest BCUT2D eigenvalue weighted by Gasteiger charge is 2.11. The largest absolute Gasteiger partial charge is 0.487 e. The molecule has 1 atom stereocenters. The van der Waals surface area contributed by atoms with Gasteiger partial charge in [-0.05, 0) is 32.4 Å². The van der Waals surface area contributed by atoms with Gasteiger partial charge in [0.1, 0.15) is 16.9 Å². The molecule has 1 aromatic carbocycles. The molecular weight excluding hydrogens is 356 g/mol. The molecule has 7 heteroatoms. The van der Waals surface area contributed by atoms with Crippen molar-refractivity contribution in [1.29, 1.82) is 0 Å². The van der Waals surface area contributed by atoms with E-state index < -0.39 is 0 Å². The molecule has 0 radical (unpaired) electrons. The van der Waals surface area contributed by atoms with E-state index in [-0.39, 0.29) is 6.10 Å². The summed E-state index contributed by atoms with van der Waals surface area (Å²) < 4.78 is 5.98. The summed E-state index contributed by atoms with van der Waals surface area (Å²) in [5, 5.41) is 8.26. The van der Waals surface area contributed by atoms with Crippen molar-refractivity contribution in [3.8, 4) is 5.75 Å². The molecule has 1 heterocycles. The summed E-state index contributed by atoms with van der Waals surface area (Å²) in [7, 11) is 1.75.